The summed E-state index contributed by atoms with van der Waals surface area (Å²) < 4.78 is 25.6. The fourth-order valence-corrected chi connectivity index (χ4v) is 2.38. The van der Waals surface area contributed by atoms with Gasteiger partial charge in [-0.1, -0.05) is 17.7 Å². The number of carbonyl (C=O) groups excluding carboxylic acids is 1. The summed E-state index contributed by atoms with van der Waals surface area (Å²) in [5.74, 6) is -0.499. The van der Waals surface area contributed by atoms with Crippen molar-refractivity contribution in [2.24, 2.45) is 5.92 Å². The number of hydrogen-bond donors (Lipinski definition) is 1. The van der Waals surface area contributed by atoms with E-state index in [4.69, 9.17) is 0 Å². The summed E-state index contributed by atoms with van der Waals surface area (Å²) in [4.78, 5) is 11.5. The lowest BCUT2D eigenvalue weighted by Gasteiger charge is -2.06. The van der Waals surface area contributed by atoms with Gasteiger partial charge in [-0.15, -0.1) is 0 Å². The maximum Gasteiger partial charge on any atom is 0.264 e. The van der Waals surface area contributed by atoms with Crippen molar-refractivity contribution in [3.63, 3.8) is 0 Å². The molecular weight excluding hydrogens is 226 g/mol. The minimum absolute atomic E-state index is 0.111. The van der Waals surface area contributed by atoms with Crippen LogP contribution in [0.5, 0.6) is 0 Å². The van der Waals surface area contributed by atoms with Gasteiger partial charge in [-0.2, -0.15) is 0 Å². The zero-order valence-electron chi connectivity index (χ0n) is 8.93. The van der Waals surface area contributed by atoms with Gasteiger partial charge in [0, 0.05) is 5.92 Å². The van der Waals surface area contributed by atoms with Crippen LogP contribution in [0.1, 0.15) is 18.4 Å². The highest BCUT2D eigenvalue weighted by Gasteiger charge is 2.32. The molecule has 0 aromatic heterocycles. The molecule has 2 rings (SSSR count). The van der Waals surface area contributed by atoms with E-state index in [0.29, 0.717) is 0 Å². The first-order chi connectivity index (χ1) is 7.49. The molecule has 16 heavy (non-hydrogen) atoms. The molecule has 0 heterocycles. The van der Waals surface area contributed by atoms with Gasteiger partial charge in [0.25, 0.3) is 10.0 Å². The lowest BCUT2D eigenvalue weighted by molar-refractivity contribution is -0.120. The van der Waals surface area contributed by atoms with Gasteiger partial charge in [-0.05, 0) is 31.9 Å². The summed E-state index contributed by atoms with van der Waals surface area (Å²) in [7, 11) is -3.68. The van der Waals surface area contributed by atoms with Crippen molar-refractivity contribution in [2.45, 2.75) is 24.7 Å². The third kappa shape index (κ3) is 2.41. The van der Waals surface area contributed by atoms with Crippen LogP contribution in [-0.4, -0.2) is 14.3 Å². The second-order valence-electron chi connectivity index (χ2n) is 4.06. The number of nitrogens with one attached hydrogen (secondary N) is 1. The van der Waals surface area contributed by atoms with E-state index < -0.39 is 10.0 Å². The average molecular weight is 239 g/mol. The molecule has 0 aliphatic heterocycles. The first-order valence-electron chi connectivity index (χ1n) is 5.12. The number of benzene rings is 1. The monoisotopic (exact) mass is 239 g/mol. The molecule has 1 saturated carbocycles. The van der Waals surface area contributed by atoms with Crippen LogP contribution < -0.4 is 4.72 Å². The molecule has 0 spiro atoms. The predicted molar refractivity (Wildman–Crippen MR) is 59.2 cm³/mol. The normalized spacial score (nSPS) is 15.8. The van der Waals surface area contributed by atoms with Crippen molar-refractivity contribution in [2.75, 3.05) is 0 Å². The zero-order valence-corrected chi connectivity index (χ0v) is 9.75. The fraction of sp³-hybridized carbons (Fsp3) is 0.364. The lowest BCUT2D eigenvalue weighted by atomic mass is 10.2. The Labute approximate surface area is 94.7 Å². The second kappa shape index (κ2) is 3.90. The molecule has 1 aromatic carbocycles. The number of rotatable bonds is 3. The molecule has 0 unspecified atom stereocenters. The van der Waals surface area contributed by atoms with E-state index in [2.05, 4.69) is 4.72 Å². The van der Waals surface area contributed by atoms with E-state index in [0.717, 1.165) is 18.4 Å². The Balaban J connectivity index is 2.17. The number of amides is 1. The first kappa shape index (κ1) is 11.1. The van der Waals surface area contributed by atoms with Crippen LogP contribution in [-0.2, 0) is 14.8 Å². The number of carbonyl (C=O) groups is 1. The van der Waals surface area contributed by atoms with Crippen molar-refractivity contribution in [1.82, 2.24) is 4.72 Å². The van der Waals surface area contributed by atoms with Crippen LogP contribution in [0.4, 0.5) is 0 Å². The Morgan fingerprint density at radius 1 is 1.25 bits per heavy atom. The molecule has 1 fully saturated rings. The molecular formula is C11H13NO3S. The van der Waals surface area contributed by atoms with Crippen LogP contribution in [0.2, 0.25) is 0 Å². The summed E-state index contributed by atoms with van der Waals surface area (Å²) in [5, 5.41) is 0. The van der Waals surface area contributed by atoms with Gasteiger partial charge in [-0.3, -0.25) is 4.79 Å². The highest BCUT2D eigenvalue weighted by atomic mass is 32.2. The molecule has 86 valence electrons. The van der Waals surface area contributed by atoms with E-state index in [1.54, 1.807) is 12.1 Å². The summed E-state index contributed by atoms with van der Waals surface area (Å²) in [5.41, 5.74) is 0.979. The quantitative estimate of drug-likeness (QED) is 0.862. The maximum absolute atomic E-state index is 11.8. The molecule has 0 radical (unpaired) electrons. The number of sulfonamides is 1. The fourth-order valence-electron chi connectivity index (χ4n) is 1.34. The van der Waals surface area contributed by atoms with E-state index in [1.165, 1.54) is 12.1 Å². The molecule has 1 amide bonds. The Morgan fingerprint density at radius 2 is 1.81 bits per heavy atom. The molecule has 1 N–H and O–H groups in total. The van der Waals surface area contributed by atoms with Crippen LogP contribution in [0.3, 0.4) is 0 Å². The topological polar surface area (TPSA) is 63.2 Å². The smallest absolute Gasteiger partial charge is 0.264 e. The third-order valence-electron chi connectivity index (χ3n) is 2.51. The minimum atomic E-state index is -3.68. The van der Waals surface area contributed by atoms with Crippen molar-refractivity contribution < 1.29 is 13.2 Å². The van der Waals surface area contributed by atoms with Gasteiger partial charge < -0.3 is 0 Å². The second-order valence-corrected chi connectivity index (χ2v) is 5.74. The maximum atomic E-state index is 11.8. The Kier molecular flexibility index (Phi) is 2.71. The Morgan fingerprint density at radius 3 is 2.31 bits per heavy atom. The zero-order chi connectivity index (χ0) is 11.8. The van der Waals surface area contributed by atoms with Crippen LogP contribution in [0, 0.1) is 12.8 Å². The summed E-state index contributed by atoms with van der Waals surface area (Å²) in [6.07, 6.45) is 1.57. The van der Waals surface area contributed by atoms with Crippen molar-refractivity contribution in [3.8, 4) is 0 Å². The van der Waals surface area contributed by atoms with Crippen molar-refractivity contribution >= 4 is 15.9 Å². The molecule has 0 atom stereocenters. The summed E-state index contributed by atoms with van der Waals surface area (Å²) in [6, 6.07) is 6.40. The van der Waals surface area contributed by atoms with Crippen LogP contribution >= 0.6 is 0 Å². The highest BCUT2D eigenvalue weighted by Crippen LogP contribution is 2.29. The molecule has 1 aliphatic rings. The SMILES string of the molecule is Cc1ccc(S(=O)(=O)NC(=O)C2CC2)cc1. The standard InChI is InChI=1S/C11H13NO3S/c1-8-2-6-10(7-3-8)16(14,15)12-11(13)9-4-5-9/h2-3,6-7,9H,4-5H2,1H3,(H,12,13). The van der Waals surface area contributed by atoms with Gasteiger partial charge in [0.15, 0.2) is 0 Å². The Hall–Kier alpha value is -1.36. The first-order valence-corrected chi connectivity index (χ1v) is 6.61. The molecule has 4 nitrogen and oxygen atoms in total. The van der Waals surface area contributed by atoms with Crippen molar-refractivity contribution in [1.29, 1.82) is 0 Å². The van der Waals surface area contributed by atoms with Gasteiger partial charge in [0.2, 0.25) is 5.91 Å². The summed E-state index contributed by atoms with van der Waals surface area (Å²) >= 11 is 0. The molecule has 0 saturated heterocycles. The van der Waals surface area contributed by atoms with Crippen LogP contribution in [0.15, 0.2) is 29.2 Å². The Bertz CT molecular complexity index is 501. The van der Waals surface area contributed by atoms with Crippen LogP contribution in [0.25, 0.3) is 0 Å². The molecule has 5 heteroatoms. The minimum Gasteiger partial charge on any atom is -0.274 e. The van der Waals surface area contributed by atoms with E-state index in [9.17, 15) is 13.2 Å². The third-order valence-corrected chi connectivity index (χ3v) is 3.88. The van der Waals surface area contributed by atoms with Gasteiger partial charge in [0.1, 0.15) is 0 Å². The van der Waals surface area contributed by atoms with Crippen molar-refractivity contribution in [3.05, 3.63) is 29.8 Å². The van der Waals surface area contributed by atoms with Gasteiger partial charge in [-0.25, -0.2) is 13.1 Å². The largest absolute Gasteiger partial charge is 0.274 e. The number of aryl methyl sites for hydroxylation is 1. The average Bonchev–Trinajstić information content (AvgIpc) is 3.00. The van der Waals surface area contributed by atoms with E-state index >= 15 is 0 Å². The predicted octanol–water partition coefficient (Wildman–Crippen LogP) is 1.21. The van der Waals surface area contributed by atoms with Gasteiger partial charge in [0.05, 0.1) is 4.90 Å². The molecule has 0 bridgehead atoms. The van der Waals surface area contributed by atoms with E-state index in [1.807, 2.05) is 6.92 Å². The highest BCUT2D eigenvalue weighted by molar-refractivity contribution is 7.90. The summed E-state index contributed by atoms with van der Waals surface area (Å²) in [6.45, 7) is 1.87. The van der Waals surface area contributed by atoms with E-state index in [-0.39, 0.29) is 16.7 Å². The number of hydrogen-bond acceptors (Lipinski definition) is 3. The molecule has 1 aromatic rings. The lowest BCUT2D eigenvalue weighted by Crippen LogP contribution is -2.31. The van der Waals surface area contributed by atoms with Gasteiger partial charge >= 0.3 is 0 Å². The molecule has 1 aliphatic carbocycles.